The summed E-state index contributed by atoms with van der Waals surface area (Å²) >= 11 is 1.69. The number of hydrogen-bond donors (Lipinski definition) is 1. The van der Waals surface area contributed by atoms with Gasteiger partial charge in [0.15, 0.2) is 0 Å². The summed E-state index contributed by atoms with van der Waals surface area (Å²) < 4.78 is 0. The van der Waals surface area contributed by atoms with Crippen molar-refractivity contribution in [1.29, 1.82) is 0 Å². The maximum Gasteiger partial charge on any atom is 0.223 e. The molecule has 2 rings (SSSR count). The van der Waals surface area contributed by atoms with Crippen LogP contribution < -0.4 is 5.32 Å². The van der Waals surface area contributed by atoms with Crippen LogP contribution in [0.2, 0.25) is 0 Å². The molecule has 1 N–H and O–H groups in total. The minimum absolute atomic E-state index is 0.0445. The highest BCUT2D eigenvalue weighted by Crippen LogP contribution is 2.16. The highest BCUT2D eigenvalue weighted by Gasteiger charge is 2.12. The highest BCUT2D eigenvalue weighted by molar-refractivity contribution is 7.98. The Morgan fingerprint density at radius 1 is 1.37 bits per heavy atom. The molecule has 1 atom stereocenters. The largest absolute Gasteiger partial charge is 0.352 e. The van der Waals surface area contributed by atoms with Crippen molar-refractivity contribution in [1.82, 2.24) is 10.3 Å². The van der Waals surface area contributed by atoms with Crippen LogP contribution in [0.1, 0.15) is 12.5 Å². The molecule has 0 aliphatic heterocycles. The molecule has 4 heteroatoms. The van der Waals surface area contributed by atoms with Crippen LogP contribution in [0.5, 0.6) is 0 Å². The average Bonchev–Trinajstić information content (AvgIpc) is 2.45. The Balaban J connectivity index is 2.08. The number of thioether (sulfide) groups is 1. The molecule has 0 aliphatic rings. The molecule has 1 aromatic carbocycles. The van der Waals surface area contributed by atoms with Crippen LogP contribution in [0.25, 0.3) is 10.9 Å². The molecular formula is C15H18N2OS. The van der Waals surface area contributed by atoms with Crippen molar-refractivity contribution in [3.05, 3.63) is 42.1 Å². The van der Waals surface area contributed by atoms with Crippen molar-refractivity contribution >= 4 is 28.6 Å². The lowest BCUT2D eigenvalue weighted by molar-refractivity contribution is -0.123. The molecule has 0 radical (unpaired) electrons. The van der Waals surface area contributed by atoms with E-state index in [-0.39, 0.29) is 11.8 Å². The number of hydrogen-bond acceptors (Lipinski definition) is 3. The van der Waals surface area contributed by atoms with E-state index < -0.39 is 0 Å². The van der Waals surface area contributed by atoms with Crippen LogP contribution in [0, 0.1) is 5.92 Å². The van der Waals surface area contributed by atoms with E-state index in [1.807, 2.05) is 43.5 Å². The summed E-state index contributed by atoms with van der Waals surface area (Å²) in [6.07, 6.45) is 3.80. The van der Waals surface area contributed by atoms with Crippen molar-refractivity contribution in [2.75, 3.05) is 12.0 Å². The zero-order valence-corrected chi connectivity index (χ0v) is 12.0. The van der Waals surface area contributed by atoms with Gasteiger partial charge in [-0.25, -0.2) is 0 Å². The topological polar surface area (TPSA) is 42.0 Å². The maximum absolute atomic E-state index is 11.9. The Morgan fingerprint density at radius 2 is 2.16 bits per heavy atom. The average molecular weight is 274 g/mol. The van der Waals surface area contributed by atoms with Gasteiger partial charge in [-0.05, 0) is 24.0 Å². The summed E-state index contributed by atoms with van der Waals surface area (Å²) in [7, 11) is 0. The lowest BCUT2D eigenvalue weighted by atomic mass is 10.1. The number of pyridine rings is 1. The molecule has 1 aromatic heterocycles. The number of fused-ring (bicyclic) bond motifs is 1. The van der Waals surface area contributed by atoms with Gasteiger partial charge in [-0.15, -0.1) is 0 Å². The lowest BCUT2D eigenvalue weighted by Gasteiger charge is -2.12. The number of nitrogens with one attached hydrogen (secondary N) is 1. The van der Waals surface area contributed by atoms with E-state index >= 15 is 0 Å². The van der Waals surface area contributed by atoms with Crippen molar-refractivity contribution in [2.24, 2.45) is 5.92 Å². The molecule has 100 valence electrons. The molecule has 1 heterocycles. The second-order valence-electron chi connectivity index (χ2n) is 4.56. The number of aromatic nitrogens is 1. The fourth-order valence-corrected chi connectivity index (χ4v) is 2.64. The van der Waals surface area contributed by atoms with E-state index in [0.717, 1.165) is 22.2 Å². The van der Waals surface area contributed by atoms with Crippen LogP contribution in [0.4, 0.5) is 0 Å². The predicted molar refractivity (Wildman–Crippen MR) is 81.1 cm³/mol. The van der Waals surface area contributed by atoms with Gasteiger partial charge in [0, 0.05) is 29.8 Å². The van der Waals surface area contributed by atoms with Gasteiger partial charge < -0.3 is 5.32 Å². The van der Waals surface area contributed by atoms with Crippen LogP contribution in [0.3, 0.4) is 0 Å². The van der Waals surface area contributed by atoms with Gasteiger partial charge in [0.1, 0.15) is 0 Å². The predicted octanol–water partition coefficient (Wildman–Crippen LogP) is 2.85. The van der Waals surface area contributed by atoms with Gasteiger partial charge >= 0.3 is 0 Å². The van der Waals surface area contributed by atoms with Gasteiger partial charge in [-0.3, -0.25) is 9.78 Å². The second-order valence-corrected chi connectivity index (χ2v) is 5.47. The van der Waals surface area contributed by atoms with Crippen LogP contribution in [-0.2, 0) is 11.3 Å². The smallest absolute Gasteiger partial charge is 0.223 e. The summed E-state index contributed by atoms with van der Waals surface area (Å²) in [5.74, 6) is 1.00. The van der Waals surface area contributed by atoms with Crippen LogP contribution in [0.15, 0.2) is 36.5 Å². The minimum atomic E-state index is 0.0445. The summed E-state index contributed by atoms with van der Waals surface area (Å²) in [5.41, 5.74) is 2.07. The Kier molecular flexibility index (Phi) is 4.80. The zero-order chi connectivity index (χ0) is 13.7. The van der Waals surface area contributed by atoms with E-state index in [9.17, 15) is 4.79 Å². The maximum atomic E-state index is 11.9. The normalized spacial score (nSPS) is 12.3. The number of rotatable bonds is 5. The van der Waals surface area contributed by atoms with E-state index in [2.05, 4.69) is 10.3 Å². The van der Waals surface area contributed by atoms with Crippen molar-refractivity contribution < 1.29 is 4.79 Å². The van der Waals surface area contributed by atoms with Gasteiger partial charge in [-0.1, -0.05) is 25.1 Å². The third-order valence-electron chi connectivity index (χ3n) is 3.06. The molecule has 19 heavy (non-hydrogen) atoms. The molecule has 0 saturated heterocycles. The minimum Gasteiger partial charge on any atom is -0.352 e. The number of para-hydroxylation sites is 1. The lowest BCUT2D eigenvalue weighted by Crippen LogP contribution is -2.29. The Labute approximate surface area is 117 Å². The monoisotopic (exact) mass is 274 g/mol. The first-order valence-electron chi connectivity index (χ1n) is 6.31. The number of nitrogens with zero attached hydrogens (tertiary/aromatic N) is 1. The van der Waals surface area contributed by atoms with Gasteiger partial charge in [-0.2, -0.15) is 11.8 Å². The molecule has 0 saturated carbocycles. The van der Waals surface area contributed by atoms with Crippen LogP contribution in [-0.4, -0.2) is 22.9 Å². The molecule has 0 unspecified atom stereocenters. The quantitative estimate of drug-likeness (QED) is 0.911. The number of benzene rings is 1. The first-order chi connectivity index (χ1) is 9.22. The molecule has 0 bridgehead atoms. The Morgan fingerprint density at radius 3 is 2.95 bits per heavy atom. The zero-order valence-electron chi connectivity index (χ0n) is 11.2. The third kappa shape index (κ3) is 3.47. The van der Waals surface area contributed by atoms with Crippen LogP contribution >= 0.6 is 11.8 Å². The van der Waals surface area contributed by atoms with E-state index in [1.165, 1.54) is 0 Å². The summed E-state index contributed by atoms with van der Waals surface area (Å²) in [6.45, 7) is 2.51. The van der Waals surface area contributed by atoms with E-state index in [1.54, 1.807) is 18.0 Å². The third-order valence-corrected chi connectivity index (χ3v) is 3.89. The second kappa shape index (κ2) is 6.57. The highest BCUT2D eigenvalue weighted by atomic mass is 32.2. The first kappa shape index (κ1) is 13.9. The van der Waals surface area contributed by atoms with Crippen molar-refractivity contribution in [3.8, 4) is 0 Å². The van der Waals surface area contributed by atoms with E-state index in [0.29, 0.717) is 6.54 Å². The number of amides is 1. The number of carbonyl (C=O) groups excluding carboxylic acids is 1. The molecule has 3 nitrogen and oxygen atoms in total. The van der Waals surface area contributed by atoms with Gasteiger partial charge in [0.05, 0.1) is 5.52 Å². The van der Waals surface area contributed by atoms with Crippen molar-refractivity contribution in [2.45, 2.75) is 13.5 Å². The molecule has 0 spiro atoms. The van der Waals surface area contributed by atoms with Gasteiger partial charge in [0.25, 0.3) is 0 Å². The summed E-state index contributed by atoms with van der Waals surface area (Å²) in [4.78, 5) is 16.2. The Hall–Kier alpha value is -1.55. The fraction of sp³-hybridized carbons (Fsp3) is 0.333. The molecule has 0 aliphatic carbocycles. The van der Waals surface area contributed by atoms with Crippen molar-refractivity contribution in [3.63, 3.8) is 0 Å². The summed E-state index contributed by atoms with van der Waals surface area (Å²) in [6, 6.07) is 9.94. The SMILES string of the molecule is CSC[C@H](C)C(=O)NCc1ccnc2ccccc12. The number of carbonyl (C=O) groups is 1. The molecule has 1 amide bonds. The van der Waals surface area contributed by atoms with E-state index in [4.69, 9.17) is 0 Å². The molecular weight excluding hydrogens is 256 g/mol. The summed E-state index contributed by atoms with van der Waals surface area (Å²) in [5, 5.41) is 4.10. The van der Waals surface area contributed by atoms with Gasteiger partial charge in [0.2, 0.25) is 5.91 Å². The standard InChI is InChI=1S/C15H18N2OS/c1-11(10-19-2)15(18)17-9-12-7-8-16-14-6-4-3-5-13(12)14/h3-8,11H,9-10H2,1-2H3,(H,17,18)/t11-/m0/s1. The fourth-order valence-electron chi connectivity index (χ4n) is 1.99. The molecule has 2 aromatic rings. The molecule has 0 fully saturated rings. The Bertz CT molecular complexity index is 566. The first-order valence-corrected chi connectivity index (χ1v) is 7.71.